The van der Waals surface area contributed by atoms with Crippen LogP contribution >= 0.6 is 0 Å². The number of carbonyl (C=O) groups is 4. The number of hydrogen-bond donors (Lipinski definition) is 5. The summed E-state index contributed by atoms with van der Waals surface area (Å²) >= 11 is 0. The van der Waals surface area contributed by atoms with E-state index >= 15 is 0 Å². The first-order valence-electron chi connectivity index (χ1n) is 18.4. The van der Waals surface area contributed by atoms with Crippen molar-refractivity contribution in [1.82, 2.24) is 9.38 Å². The monoisotopic (exact) mass is 769 g/mol. The molecule has 296 valence electrons. The van der Waals surface area contributed by atoms with Gasteiger partial charge in [-0.2, -0.15) is 0 Å². The summed E-state index contributed by atoms with van der Waals surface area (Å²) in [5.41, 5.74) is 1.92. The van der Waals surface area contributed by atoms with Gasteiger partial charge >= 0.3 is 11.8 Å². The second-order valence-corrected chi connectivity index (χ2v) is 15.2. The first kappa shape index (κ1) is 39.9. The number of phenols is 2. The van der Waals surface area contributed by atoms with E-state index in [0.29, 0.717) is 5.65 Å². The Morgan fingerprint density at radius 3 is 2.38 bits per heavy atom. The number of Topliss-reactive ketones (excluding diaryl/α,β-unsaturated/α-hetero) is 1. The largest absolute Gasteiger partial charge is 0.507 e. The van der Waals surface area contributed by atoms with Crippen molar-refractivity contribution < 1.29 is 53.8 Å². The van der Waals surface area contributed by atoms with Gasteiger partial charge in [0.2, 0.25) is 0 Å². The van der Waals surface area contributed by atoms with Crippen LogP contribution in [0.3, 0.4) is 0 Å². The number of allylic oxidation sites excluding steroid dienone is 3. The Labute approximate surface area is 323 Å². The van der Waals surface area contributed by atoms with E-state index in [1.54, 1.807) is 56.5 Å². The van der Waals surface area contributed by atoms with E-state index in [0.717, 1.165) is 17.9 Å². The van der Waals surface area contributed by atoms with Gasteiger partial charge in [0, 0.05) is 60.4 Å². The van der Waals surface area contributed by atoms with Gasteiger partial charge in [0.15, 0.2) is 11.5 Å². The van der Waals surface area contributed by atoms with E-state index in [1.165, 1.54) is 33.8 Å². The molecule has 5 heterocycles. The molecule has 0 unspecified atom stereocenters. The van der Waals surface area contributed by atoms with Crippen molar-refractivity contribution in [2.24, 2.45) is 23.7 Å². The minimum absolute atomic E-state index is 0.0272. The molecule has 1 amide bonds. The Bertz CT molecular complexity index is 2410. The summed E-state index contributed by atoms with van der Waals surface area (Å²) < 4.78 is 19.2. The number of carbonyl (C=O) groups excluding carboxylic acids is 4. The number of benzene rings is 2. The standard InChI is InChI=1S/C42H47N3O11/c1-18-13-15-45-27(17-18)43-31-28-29-36(50)24(7)39-30(28)40(52)42(9,56-39)54-16-14-26(47)21(4)38(55-25(8)46)23(6)35(49)22(5)34(48)19(2)11-10-12-20(3)41(53)44-32(33(31)45)37(29)51/h10-17,19,21-23,34-35,38,48-51H,1-9H3,(H,44,53)/b11-10+,16-14+,20-12-/t19-,21+,22+,23+,34-,35+,38+,42-/m0/s1. The number of imidazole rings is 1. The van der Waals surface area contributed by atoms with E-state index in [-0.39, 0.29) is 49.9 Å². The number of nitrogens with one attached hydrogen (secondary N) is 1. The molecule has 0 radical (unpaired) electrons. The molecule has 4 aromatic rings. The maximum atomic E-state index is 14.4. The number of pyridine rings is 1. The number of nitrogens with zero attached hydrogens (tertiary/aromatic N) is 2. The van der Waals surface area contributed by atoms with Crippen LogP contribution in [0.5, 0.6) is 17.2 Å². The van der Waals surface area contributed by atoms with Gasteiger partial charge in [0.05, 0.1) is 35.3 Å². The number of aromatic nitrogens is 2. The second-order valence-electron chi connectivity index (χ2n) is 15.2. The fourth-order valence-electron chi connectivity index (χ4n) is 7.64. The predicted molar refractivity (Wildman–Crippen MR) is 207 cm³/mol. The molecule has 3 aliphatic rings. The summed E-state index contributed by atoms with van der Waals surface area (Å²) in [5.74, 6) is -8.61. The number of aryl methyl sites for hydroxylation is 1. The maximum Gasteiger partial charge on any atom is 0.312 e. The Morgan fingerprint density at radius 1 is 1.00 bits per heavy atom. The second kappa shape index (κ2) is 14.7. The molecular weight excluding hydrogens is 722 g/mol. The zero-order chi connectivity index (χ0) is 41.1. The Kier molecular flexibility index (Phi) is 10.5. The molecule has 0 aliphatic carbocycles. The quantitative estimate of drug-likeness (QED) is 0.117. The van der Waals surface area contributed by atoms with Gasteiger partial charge in [0.1, 0.15) is 40.0 Å². The Morgan fingerprint density at radius 2 is 1.70 bits per heavy atom. The molecule has 3 aliphatic heterocycles. The zero-order valence-corrected chi connectivity index (χ0v) is 32.7. The molecule has 56 heavy (non-hydrogen) atoms. The van der Waals surface area contributed by atoms with Crippen LogP contribution in [0.4, 0.5) is 5.69 Å². The first-order chi connectivity index (χ1) is 26.3. The van der Waals surface area contributed by atoms with Crippen molar-refractivity contribution in [3.8, 4) is 17.2 Å². The summed E-state index contributed by atoms with van der Waals surface area (Å²) in [6.45, 7) is 14.0. The summed E-state index contributed by atoms with van der Waals surface area (Å²) in [4.78, 5) is 58.8. The van der Waals surface area contributed by atoms with E-state index in [2.05, 4.69) is 5.32 Å². The zero-order valence-electron chi connectivity index (χ0n) is 32.7. The third-order valence-electron chi connectivity index (χ3n) is 11.1. The number of esters is 1. The third kappa shape index (κ3) is 6.66. The highest BCUT2D eigenvalue weighted by atomic mass is 16.7. The number of fused-ring (bicyclic) bond motifs is 14. The van der Waals surface area contributed by atoms with E-state index in [1.807, 2.05) is 13.0 Å². The van der Waals surface area contributed by atoms with E-state index in [4.69, 9.17) is 19.2 Å². The van der Waals surface area contributed by atoms with Gasteiger partial charge in [0.25, 0.3) is 11.7 Å². The molecule has 14 nitrogen and oxygen atoms in total. The molecule has 7 rings (SSSR count). The van der Waals surface area contributed by atoms with Gasteiger partial charge in [-0.05, 0) is 38.5 Å². The molecule has 2 aromatic carbocycles. The summed E-state index contributed by atoms with van der Waals surface area (Å²) in [6, 6.07) is 3.59. The van der Waals surface area contributed by atoms with Crippen molar-refractivity contribution in [2.45, 2.75) is 86.4 Å². The molecule has 0 saturated heterocycles. The summed E-state index contributed by atoms with van der Waals surface area (Å²) in [6.07, 6.45) is 5.15. The smallest absolute Gasteiger partial charge is 0.312 e. The van der Waals surface area contributed by atoms with Crippen molar-refractivity contribution >= 4 is 56.6 Å². The lowest BCUT2D eigenvalue weighted by Crippen LogP contribution is -2.45. The fraction of sp³-hybridized carbons (Fsp3) is 0.405. The molecule has 8 atom stereocenters. The Hall–Kier alpha value is -5.73. The lowest BCUT2D eigenvalue weighted by atomic mass is 9.78. The van der Waals surface area contributed by atoms with Gasteiger partial charge in [-0.15, -0.1) is 0 Å². The average molecular weight is 770 g/mol. The van der Waals surface area contributed by atoms with Crippen LogP contribution < -0.4 is 10.1 Å². The maximum absolute atomic E-state index is 14.4. The van der Waals surface area contributed by atoms with Crippen LogP contribution in [0.15, 0.2) is 54.5 Å². The number of amides is 1. The molecule has 5 bridgehead atoms. The molecule has 5 N–H and O–H groups in total. The van der Waals surface area contributed by atoms with Crippen LogP contribution in [0.25, 0.3) is 27.5 Å². The minimum atomic E-state index is -2.05. The number of ether oxygens (including phenoxy) is 3. The van der Waals surface area contributed by atoms with Gasteiger partial charge in [-0.1, -0.05) is 45.9 Å². The topological polar surface area (TPSA) is 206 Å². The van der Waals surface area contributed by atoms with E-state index in [9.17, 15) is 39.6 Å². The predicted octanol–water partition coefficient (Wildman–Crippen LogP) is 5.71. The van der Waals surface area contributed by atoms with Crippen molar-refractivity contribution in [3.63, 3.8) is 0 Å². The van der Waals surface area contributed by atoms with Gasteiger partial charge < -0.3 is 40.0 Å². The van der Waals surface area contributed by atoms with Crippen LogP contribution in [-0.4, -0.2) is 77.4 Å². The summed E-state index contributed by atoms with van der Waals surface area (Å²) in [7, 11) is 0. The van der Waals surface area contributed by atoms with Gasteiger partial charge in [-0.3, -0.25) is 23.6 Å². The molecule has 0 spiro atoms. The van der Waals surface area contributed by atoms with Crippen molar-refractivity contribution in [2.75, 3.05) is 5.32 Å². The highest BCUT2D eigenvalue weighted by molar-refractivity contribution is 6.28. The van der Waals surface area contributed by atoms with E-state index < -0.39 is 82.7 Å². The van der Waals surface area contributed by atoms with Crippen LogP contribution in [0.1, 0.15) is 70.0 Å². The molecule has 14 heteroatoms. The highest BCUT2D eigenvalue weighted by Crippen LogP contribution is 2.54. The van der Waals surface area contributed by atoms with Crippen molar-refractivity contribution in [1.29, 1.82) is 0 Å². The fourth-order valence-corrected chi connectivity index (χ4v) is 7.64. The number of hydrogen-bond acceptors (Lipinski definition) is 12. The van der Waals surface area contributed by atoms with Crippen LogP contribution in [0, 0.1) is 37.5 Å². The lowest BCUT2D eigenvalue weighted by molar-refractivity contribution is -0.158. The number of anilines is 1. The number of ketones is 2. The molecule has 0 saturated carbocycles. The van der Waals surface area contributed by atoms with Crippen molar-refractivity contribution in [3.05, 3.63) is 71.2 Å². The average Bonchev–Trinajstić information content (AvgIpc) is 3.65. The highest BCUT2D eigenvalue weighted by Gasteiger charge is 2.49. The minimum Gasteiger partial charge on any atom is -0.507 e. The molecule has 0 fully saturated rings. The first-order valence-corrected chi connectivity index (χ1v) is 18.4. The van der Waals surface area contributed by atoms with Crippen LogP contribution in [-0.2, 0) is 23.9 Å². The normalized spacial score (nSPS) is 29.9. The number of aromatic hydroxyl groups is 2. The number of rotatable bonds is 1. The van der Waals surface area contributed by atoms with Crippen LogP contribution in [0.2, 0.25) is 0 Å². The Balaban J connectivity index is 1.57. The number of aliphatic hydroxyl groups excluding tert-OH is 2. The lowest BCUT2D eigenvalue weighted by Gasteiger charge is -2.36. The third-order valence-corrected chi connectivity index (χ3v) is 11.1. The summed E-state index contributed by atoms with van der Waals surface area (Å²) in [5, 5.41) is 48.9. The number of aliphatic hydroxyl groups is 2. The van der Waals surface area contributed by atoms with Gasteiger partial charge in [-0.25, -0.2) is 4.98 Å². The SMILES string of the molecule is CC(=O)O[C@H]1[C@H](C)[C@H](O)[C@H](C)[C@@H](O)[C@@H](C)/C=C/C=C(/C)C(=O)Nc2c(O)c3c(O)c(C)c4c(c3c3nc5cc(C)ccn5c23)C(=O)[C@@](C)(O/C=C/C(=O)[C@H]1C)O4. The number of phenolic OH excluding ortho intramolecular Hbond substituents is 2. The molecule has 2 aromatic heterocycles. The molecular formula is C42H47N3O11.